The van der Waals surface area contributed by atoms with Crippen LogP contribution in [0.5, 0.6) is 0 Å². The highest BCUT2D eigenvalue weighted by atomic mass is 14.8. The molecular formula is C17H29N. The van der Waals surface area contributed by atoms with Gasteiger partial charge in [-0.1, -0.05) is 44.9 Å². The molecule has 18 heavy (non-hydrogen) atoms. The standard InChI is InChI=1S/C17H29N/c1-4-6-7-9-17-14-15(5-2)11-12-16(17)10-8-13-18-3/h11-12,14,18H,4-10,13H2,1-3H3. The number of unbranched alkanes of at least 4 members (excludes halogenated alkanes) is 2. The minimum Gasteiger partial charge on any atom is -0.320 e. The summed E-state index contributed by atoms with van der Waals surface area (Å²) in [5, 5.41) is 3.23. The molecule has 0 heterocycles. The lowest BCUT2D eigenvalue weighted by atomic mass is 9.95. The molecule has 1 nitrogen and oxygen atoms in total. The zero-order valence-electron chi connectivity index (χ0n) is 12.4. The molecule has 0 spiro atoms. The minimum absolute atomic E-state index is 1.12. The molecule has 0 saturated heterocycles. The Kier molecular flexibility index (Phi) is 7.75. The fraction of sp³-hybridized carbons (Fsp3) is 0.647. The van der Waals surface area contributed by atoms with Gasteiger partial charge in [0.05, 0.1) is 0 Å². The molecule has 0 aliphatic carbocycles. The molecule has 1 rings (SSSR count). The lowest BCUT2D eigenvalue weighted by Gasteiger charge is -2.11. The zero-order valence-corrected chi connectivity index (χ0v) is 12.4. The van der Waals surface area contributed by atoms with E-state index in [-0.39, 0.29) is 0 Å². The zero-order chi connectivity index (χ0) is 13.2. The van der Waals surface area contributed by atoms with Crippen LogP contribution in [0.25, 0.3) is 0 Å². The van der Waals surface area contributed by atoms with E-state index in [1.54, 1.807) is 11.1 Å². The minimum atomic E-state index is 1.12. The average Bonchev–Trinajstić information content (AvgIpc) is 2.40. The molecule has 0 aliphatic rings. The summed E-state index contributed by atoms with van der Waals surface area (Å²) in [7, 11) is 2.03. The predicted molar refractivity (Wildman–Crippen MR) is 81.3 cm³/mol. The summed E-state index contributed by atoms with van der Waals surface area (Å²) in [6.45, 7) is 5.63. The van der Waals surface area contributed by atoms with Crippen LogP contribution >= 0.6 is 0 Å². The van der Waals surface area contributed by atoms with Gasteiger partial charge in [0.1, 0.15) is 0 Å². The van der Waals surface area contributed by atoms with Crippen molar-refractivity contribution < 1.29 is 0 Å². The summed E-state index contributed by atoms with van der Waals surface area (Å²) < 4.78 is 0. The van der Waals surface area contributed by atoms with E-state index < -0.39 is 0 Å². The van der Waals surface area contributed by atoms with Gasteiger partial charge in [-0.2, -0.15) is 0 Å². The Morgan fingerprint density at radius 2 is 1.72 bits per heavy atom. The maximum atomic E-state index is 3.23. The number of hydrogen-bond donors (Lipinski definition) is 1. The van der Waals surface area contributed by atoms with Crippen LogP contribution in [0.3, 0.4) is 0 Å². The Morgan fingerprint density at radius 3 is 2.39 bits per heavy atom. The van der Waals surface area contributed by atoms with E-state index in [1.807, 2.05) is 7.05 Å². The molecule has 0 unspecified atom stereocenters. The largest absolute Gasteiger partial charge is 0.320 e. The summed E-state index contributed by atoms with van der Waals surface area (Å²) in [5.74, 6) is 0. The van der Waals surface area contributed by atoms with Gasteiger partial charge < -0.3 is 5.32 Å². The molecule has 0 aliphatic heterocycles. The van der Waals surface area contributed by atoms with E-state index in [0.717, 1.165) is 13.0 Å². The van der Waals surface area contributed by atoms with Crippen molar-refractivity contribution in [1.29, 1.82) is 0 Å². The highest BCUT2D eigenvalue weighted by molar-refractivity contribution is 5.32. The first-order valence-corrected chi connectivity index (χ1v) is 7.57. The molecule has 1 aromatic rings. The van der Waals surface area contributed by atoms with Gasteiger partial charge in [-0.3, -0.25) is 0 Å². The Balaban J connectivity index is 2.66. The van der Waals surface area contributed by atoms with Crippen LogP contribution in [0.1, 0.15) is 56.2 Å². The van der Waals surface area contributed by atoms with Gasteiger partial charge in [-0.15, -0.1) is 0 Å². The maximum absolute atomic E-state index is 3.23. The van der Waals surface area contributed by atoms with E-state index in [4.69, 9.17) is 0 Å². The monoisotopic (exact) mass is 247 g/mol. The van der Waals surface area contributed by atoms with Gasteiger partial charge >= 0.3 is 0 Å². The average molecular weight is 247 g/mol. The highest BCUT2D eigenvalue weighted by Crippen LogP contribution is 2.17. The second-order valence-corrected chi connectivity index (χ2v) is 5.12. The first-order chi connectivity index (χ1) is 8.81. The molecule has 0 fully saturated rings. The highest BCUT2D eigenvalue weighted by Gasteiger charge is 2.03. The van der Waals surface area contributed by atoms with Crippen LogP contribution in [-0.4, -0.2) is 13.6 Å². The van der Waals surface area contributed by atoms with E-state index in [9.17, 15) is 0 Å². The van der Waals surface area contributed by atoms with Crippen LogP contribution in [-0.2, 0) is 19.3 Å². The molecule has 0 radical (unpaired) electrons. The number of aryl methyl sites for hydroxylation is 3. The first kappa shape index (κ1) is 15.2. The number of nitrogens with one attached hydrogen (secondary N) is 1. The summed E-state index contributed by atoms with van der Waals surface area (Å²) >= 11 is 0. The van der Waals surface area contributed by atoms with E-state index in [0.29, 0.717) is 0 Å². The molecule has 1 heteroatoms. The van der Waals surface area contributed by atoms with Crippen LogP contribution in [0.2, 0.25) is 0 Å². The summed E-state index contributed by atoms with van der Waals surface area (Å²) in [5.41, 5.74) is 4.65. The molecule has 1 N–H and O–H groups in total. The molecule has 1 aromatic carbocycles. The summed E-state index contributed by atoms with van der Waals surface area (Å²) in [6.07, 6.45) is 8.86. The Bertz CT molecular complexity index is 330. The van der Waals surface area contributed by atoms with Crippen LogP contribution in [0.4, 0.5) is 0 Å². The Hall–Kier alpha value is -0.820. The van der Waals surface area contributed by atoms with Gasteiger partial charge in [0.25, 0.3) is 0 Å². The lowest BCUT2D eigenvalue weighted by Crippen LogP contribution is -2.09. The van der Waals surface area contributed by atoms with E-state index in [2.05, 4.69) is 37.4 Å². The van der Waals surface area contributed by atoms with Crippen LogP contribution < -0.4 is 5.32 Å². The molecule has 0 atom stereocenters. The quantitative estimate of drug-likeness (QED) is 0.647. The van der Waals surface area contributed by atoms with Crippen molar-refractivity contribution >= 4 is 0 Å². The van der Waals surface area contributed by atoms with Crippen molar-refractivity contribution in [3.8, 4) is 0 Å². The molecular weight excluding hydrogens is 218 g/mol. The number of benzene rings is 1. The van der Waals surface area contributed by atoms with Crippen molar-refractivity contribution in [2.75, 3.05) is 13.6 Å². The van der Waals surface area contributed by atoms with Crippen molar-refractivity contribution in [3.63, 3.8) is 0 Å². The van der Waals surface area contributed by atoms with Crippen molar-refractivity contribution in [2.24, 2.45) is 0 Å². The Labute approximate surface area is 113 Å². The number of rotatable bonds is 9. The van der Waals surface area contributed by atoms with Crippen molar-refractivity contribution in [3.05, 3.63) is 34.9 Å². The third-order valence-corrected chi connectivity index (χ3v) is 3.60. The molecule has 0 bridgehead atoms. The van der Waals surface area contributed by atoms with Crippen molar-refractivity contribution in [2.45, 2.75) is 58.8 Å². The van der Waals surface area contributed by atoms with Crippen molar-refractivity contribution in [1.82, 2.24) is 5.32 Å². The van der Waals surface area contributed by atoms with Gasteiger partial charge in [0.15, 0.2) is 0 Å². The topological polar surface area (TPSA) is 12.0 Å². The molecule has 102 valence electrons. The SMILES string of the molecule is CCCCCc1cc(CC)ccc1CCCNC. The van der Waals surface area contributed by atoms with Gasteiger partial charge in [0.2, 0.25) is 0 Å². The second kappa shape index (κ2) is 9.16. The second-order valence-electron chi connectivity index (χ2n) is 5.12. The van der Waals surface area contributed by atoms with Crippen LogP contribution in [0.15, 0.2) is 18.2 Å². The van der Waals surface area contributed by atoms with Gasteiger partial charge in [0, 0.05) is 0 Å². The third kappa shape index (κ3) is 5.22. The normalized spacial score (nSPS) is 10.8. The smallest absolute Gasteiger partial charge is 0.00488 e. The van der Waals surface area contributed by atoms with E-state index in [1.165, 1.54) is 44.1 Å². The first-order valence-electron chi connectivity index (χ1n) is 7.57. The predicted octanol–water partition coefficient (Wildman–Crippen LogP) is 4.13. The molecule has 0 amide bonds. The third-order valence-electron chi connectivity index (χ3n) is 3.60. The Morgan fingerprint density at radius 1 is 0.944 bits per heavy atom. The van der Waals surface area contributed by atoms with Gasteiger partial charge in [-0.25, -0.2) is 0 Å². The van der Waals surface area contributed by atoms with Gasteiger partial charge in [-0.05, 0) is 62.4 Å². The molecule has 0 saturated carbocycles. The fourth-order valence-corrected chi connectivity index (χ4v) is 2.40. The maximum Gasteiger partial charge on any atom is -0.00488 e. The molecule has 0 aromatic heterocycles. The fourth-order valence-electron chi connectivity index (χ4n) is 2.40. The summed E-state index contributed by atoms with van der Waals surface area (Å²) in [6, 6.07) is 7.10. The number of hydrogen-bond acceptors (Lipinski definition) is 1. The van der Waals surface area contributed by atoms with E-state index >= 15 is 0 Å². The summed E-state index contributed by atoms with van der Waals surface area (Å²) in [4.78, 5) is 0. The lowest BCUT2D eigenvalue weighted by molar-refractivity contribution is 0.697. The van der Waals surface area contributed by atoms with Crippen LogP contribution in [0, 0.1) is 0 Å².